The Labute approximate surface area is 187 Å². The topological polar surface area (TPSA) is 99.8 Å². The summed E-state index contributed by atoms with van der Waals surface area (Å²) in [5, 5.41) is 14.2. The second-order valence-corrected chi connectivity index (χ2v) is 6.89. The molecule has 0 saturated carbocycles. The highest BCUT2D eigenvalue weighted by Gasteiger charge is 2.21. The molecule has 1 saturated heterocycles. The molecule has 0 bridgehead atoms. The summed E-state index contributed by atoms with van der Waals surface area (Å²) in [7, 11) is 0. The molecule has 0 spiro atoms. The molecule has 1 fully saturated rings. The number of anilines is 1. The van der Waals surface area contributed by atoms with Crippen molar-refractivity contribution < 1.29 is 4.92 Å². The quantitative estimate of drug-likeness (QED) is 0.217. The van der Waals surface area contributed by atoms with Gasteiger partial charge in [0.05, 0.1) is 11.5 Å². The fourth-order valence-electron chi connectivity index (χ4n) is 2.96. The predicted molar refractivity (Wildman–Crippen MR) is 124 cm³/mol. The van der Waals surface area contributed by atoms with Crippen LogP contribution in [0, 0.1) is 10.1 Å². The molecule has 0 unspecified atom stereocenters. The van der Waals surface area contributed by atoms with E-state index < -0.39 is 4.92 Å². The maximum Gasteiger partial charge on any atom is 0.269 e. The van der Waals surface area contributed by atoms with E-state index in [2.05, 4.69) is 38.9 Å². The average Bonchev–Trinajstić information content (AvgIpc) is 2.72. The van der Waals surface area contributed by atoms with Crippen LogP contribution in [0.15, 0.2) is 47.7 Å². The smallest absolute Gasteiger partial charge is 0.269 e. The molecular formula is C19H26IN7O2. The van der Waals surface area contributed by atoms with Crippen molar-refractivity contribution in [2.45, 2.75) is 26.4 Å². The van der Waals surface area contributed by atoms with E-state index in [0.717, 1.165) is 43.7 Å². The van der Waals surface area contributed by atoms with E-state index in [-0.39, 0.29) is 35.7 Å². The number of aliphatic imine (C=N–C) groups is 1. The number of benzene rings is 1. The number of nitro groups is 1. The van der Waals surface area contributed by atoms with Crippen molar-refractivity contribution >= 4 is 41.6 Å². The second kappa shape index (κ2) is 10.9. The maximum atomic E-state index is 10.8. The Bertz CT molecular complexity index is 807. The standard InChI is InChI=1S/C19H25N7O2.HI/c1-15(2)23-19(22-14-16-4-6-17(7-5-16)26(27)28)25-12-10-24(11-13-25)18-20-8-3-9-21-18;/h3-9,15H,10-14H2,1-2H3,(H,22,23);1H. The molecule has 29 heavy (non-hydrogen) atoms. The molecule has 1 aliphatic heterocycles. The lowest BCUT2D eigenvalue weighted by atomic mass is 10.2. The molecule has 1 aromatic heterocycles. The van der Waals surface area contributed by atoms with E-state index in [1.54, 1.807) is 24.5 Å². The Morgan fingerprint density at radius 2 is 1.79 bits per heavy atom. The van der Waals surface area contributed by atoms with E-state index >= 15 is 0 Å². The molecule has 156 valence electrons. The van der Waals surface area contributed by atoms with Crippen molar-refractivity contribution in [1.29, 1.82) is 0 Å². The van der Waals surface area contributed by atoms with Gasteiger partial charge in [-0.05, 0) is 25.5 Å². The lowest BCUT2D eigenvalue weighted by Crippen LogP contribution is -2.54. The van der Waals surface area contributed by atoms with Crippen LogP contribution < -0.4 is 10.2 Å². The third kappa shape index (κ3) is 6.51. The Morgan fingerprint density at radius 1 is 1.17 bits per heavy atom. The summed E-state index contributed by atoms with van der Waals surface area (Å²) in [6.07, 6.45) is 3.51. The van der Waals surface area contributed by atoms with Gasteiger partial charge in [-0.2, -0.15) is 0 Å². The van der Waals surface area contributed by atoms with Gasteiger partial charge in [0.15, 0.2) is 5.96 Å². The van der Waals surface area contributed by atoms with Gasteiger partial charge in [0.1, 0.15) is 0 Å². The lowest BCUT2D eigenvalue weighted by molar-refractivity contribution is -0.384. The monoisotopic (exact) mass is 511 g/mol. The molecule has 9 nitrogen and oxygen atoms in total. The summed E-state index contributed by atoms with van der Waals surface area (Å²) in [6.45, 7) is 7.90. The number of nitrogens with zero attached hydrogens (tertiary/aromatic N) is 6. The van der Waals surface area contributed by atoms with E-state index in [4.69, 9.17) is 4.99 Å². The molecule has 1 N–H and O–H groups in total. The van der Waals surface area contributed by atoms with Crippen LogP contribution in [0.2, 0.25) is 0 Å². The minimum Gasteiger partial charge on any atom is -0.354 e. The van der Waals surface area contributed by atoms with Crippen LogP contribution in [0.25, 0.3) is 0 Å². The zero-order valence-corrected chi connectivity index (χ0v) is 18.9. The van der Waals surface area contributed by atoms with Crippen molar-refractivity contribution in [3.05, 3.63) is 58.4 Å². The molecule has 0 radical (unpaired) electrons. The predicted octanol–water partition coefficient (Wildman–Crippen LogP) is 2.68. The first-order valence-corrected chi connectivity index (χ1v) is 9.34. The molecule has 2 heterocycles. The van der Waals surface area contributed by atoms with Gasteiger partial charge in [-0.3, -0.25) is 10.1 Å². The molecule has 0 amide bonds. The zero-order valence-electron chi connectivity index (χ0n) is 16.6. The average molecular weight is 511 g/mol. The van der Waals surface area contributed by atoms with Gasteiger partial charge in [-0.25, -0.2) is 15.0 Å². The van der Waals surface area contributed by atoms with Gasteiger partial charge >= 0.3 is 0 Å². The molecule has 1 aliphatic rings. The largest absolute Gasteiger partial charge is 0.354 e. The molecule has 0 atom stereocenters. The Kier molecular flexibility index (Phi) is 8.55. The van der Waals surface area contributed by atoms with E-state index in [9.17, 15) is 10.1 Å². The summed E-state index contributed by atoms with van der Waals surface area (Å²) in [6, 6.07) is 8.59. The maximum absolute atomic E-state index is 10.8. The minimum absolute atomic E-state index is 0. The van der Waals surface area contributed by atoms with E-state index in [1.807, 2.05) is 6.07 Å². The van der Waals surface area contributed by atoms with Crippen molar-refractivity contribution in [3.8, 4) is 0 Å². The van der Waals surface area contributed by atoms with Crippen LogP contribution >= 0.6 is 24.0 Å². The number of piperazine rings is 1. The highest BCUT2D eigenvalue weighted by atomic mass is 127. The number of nitro benzene ring substituents is 1. The minimum atomic E-state index is -0.394. The molecular weight excluding hydrogens is 485 g/mol. The first-order chi connectivity index (χ1) is 13.5. The van der Waals surface area contributed by atoms with Gasteiger partial charge in [-0.1, -0.05) is 12.1 Å². The third-order valence-electron chi connectivity index (χ3n) is 4.39. The molecule has 2 aromatic rings. The number of hydrogen-bond donors (Lipinski definition) is 1. The molecule has 1 aromatic carbocycles. The summed E-state index contributed by atoms with van der Waals surface area (Å²) in [5.74, 6) is 1.60. The van der Waals surface area contributed by atoms with Crippen LogP contribution in [0.3, 0.4) is 0 Å². The normalized spacial score (nSPS) is 14.5. The van der Waals surface area contributed by atoms with Crippen molar-refractivity contribution in [2.75, 3.05) is 31.1 Å². The number of aromatic nitrogens is 2. The van der Waals surface area contributed by atoms with Crippen LogP contribution in [0.5, 0.6) is 0 Å². The first-order valence-electron chi connectivity index (χ1n) is 9.34. The summed E-state index contributed by atoms with van der Waals surface area (Å²) in [4.78, 5) is 28.2. The zero-order chi connectivity index (χ0) is 19.9. The Morgan fingerprint density at radius 3 is 2.34 bits per heavy atom. The number of rotatable bonds is 5. The number of halogens is 1. The molecule has 10 heteroatoms. The van der Waals surface area contributed by atoms with Crippen LogP contribution in [-0.2, 0) is 6.54 Å². The highest BCUT2D eigenvalue weighted by Crippen LogP contribution is 2.14. The highest BCUT2D eigenvalue weighted by molar-refractivity contribution is 14.0. The lowest BCUT2D eigenvalue weighted by Gasteiger charge is -2.37. The van der Waals surface area contributed by atoms with E-state index in [0.29, 0.717) is 6.54 Å². The number of non-ortho nitro benzene ring substituents is 1. The van der Waals surface area contributed by atoms with Crippen molar-refractivity contribution in [1.82, 2.24) is 20.2 Å². The fraction of sp³-hybridized carbons (Fsp3) is 0.421. The van der Waals surface area contributed by atoms with Crippen molar-refractivity contribution in [3.63, 3.8) is 0 Å². The van der Waals surface area contributed by atoms with Crippen LogP contribution in [0.1, 0.15) is 19.4 Å². The third-order valence-corrected chi connectivity index (χ3v) is 4.39. The van der Waals surface area contributed by atoms with Gasteiger partial charge < -0.3 is 15.1 Å². The van der Waals surface area contributed by atoms with Crippen LogP contribution in [0.4, 0.5) is 11.6 Å². The molecule has 3 rings (SSSR count). The number of hydrogen-bond acceptors (Lipinski definition) is 6. The summed E-state index contributed by atoms with van der Waals surface area (Å²) < 4.78 is 0. The summed E-state index contributed by atoms with van der Waals surface area (Å²) >= 11 is 0. The number of guanidine groups is 1. The SMILES string of the molecule is CC(C)NC(=NCc1ccc([N+](=O)[O-])cc1)N1CCN(c2ncccn2)CC1.I. The van der Waals surface area contributed by atoms with E-state index in [1.165, 1.54) is 12.1 Å². The summed E-state index contributed by atoms with van der Waals surface area (Å²) in [5.41, 5.74) is 1.03. The van der Waals surface area contributed by atoms with Gasteiger partial charge in [0.2, 0.25) is 5.95 Å². The fourth-order valence-corrected chi connectivity index (χ4v) is 2.96. The van der Waals surface area contributed by atoms with Crippen LogP contribution in [-0.4, -0.2) is 58.0 Å². The first kappa shape index (κ1) is 22.8. The Hall–Kier alpha value is -2.50. The molecule has 0 aliphatic carbocycles. The van der Waals surface area contributed by atoms with Gasteiger partial charge in [-0.15, -0.1) is 24.0 Å². The second-order valence-electron chi connectivity index (χ2n) is 6.89. The van der Waals surface area contributed by atoms with Gasteiger partial charge in [0.25, 0.3) is 5.69 Å². The van der Waals surface area contributed by atoms with Gasteiger partial charge in [0, 0.05) is 56.7 Å². The van der Waals surface area contributed by atoms with Crippen molar-refractivity contribution in [2.24, 2.45) is 4.99 Å². The Balaban J connectivity index is 0.00000300. The number of nitrogens with one attached hydrogen (secondary N) is 1.